The van der Waals surface area contributed by atoms with Crippen LogP contribution >= 0.6 is 15.9 Å². The second kappa shape index (κ2) is 7.25. The van der Waals surface area contributed by atoms with Crippen LogP contribution in [0.1, 0.15) is 43.7 Å². The van der Waals surface area contributed by atoms with Gasteiger partial charge in [-0.15, -0.1) is 0 Å². The van der Waals surface area contributed by atoms with E-state index in [1.807, 2.05) is 17.0 Å². The van der Waals surface area contributed by atoms with Crippen molar-refractivity contribution in [2.24, 2.45) is 5.92 Å². The van der Waals surface area contributed by atoms with Crippen molar-refractivity contribution in [2.75, 3.05) is 26.3 Å². The van der Waals surface area contributed by atoms with E-state index in [-0.39, 0.29) is 12.1 Å². The first-order chi connectivity index (χ1) is 12.2. The summed E-state index contributed by atoms with van der Waals surface area (Å²) in [6, 6.07) is 8.45. The van der Waals surface area contributed by atoms with Crippen molar-refractivity contribution in [2.45, 2.75) is 43.9 Å². The molecule has 2 aliphatic heterocycles. The van der Waals surface area contributed by atoms with Gasteiger partial charge in [-0.1, -0.05) is 34.5 Å². The van der Waals surface area contributed by atoms with E-state index in [0.29, 0.717) is 32.2 Å². The number of carbonyl (C=O) groups is 1. The molecule has 1 spiro atoms. The molecule has 5 nitrogen and oxygen atoms in total. The monoisotopic (exact) mass is 408 g/mol. The maximum atomic E-state index is 12.8. The van der Waals surface area contributed by atoms with Crippen molar-refractivity contribution in [3.63, 3.8) is 0 Å². The fraction of sp³-hybridized carbons (Fsp3) is 0.632. The Morgan fingerprint density at radius 1 is 1.16 bits per heavy atom. The summed E-state index contributed by atoms with van der Waals surface area (Å²) in [5.41, 5.74) is 1.19. The molecule has 3 fully saturated rings. The van der Waals surface area contributed by atoms with Gasteiger partial charge >= 0.3 is 6.03 Å². The van der Waals surface area contributed by atoms with Crippen molar-refractivity contribution >= 4 is 22.0 Å². The number of urea groups is 1. The highest BCUT2D eigenvalue weighted by molar-refractivity contribution is 9.10. The quantitative estimate of drug-likeness (QED) is 0.826. The number of nitrogens with one attached hydrogen (secondary N) is 1. The summed E-state index contributed by atoms with van der Waals surface area (Å²) in [6.45, 7) is 2.70. The van der Waals surface area contributed by atoms with Crippen molar-refractivity contribution in [1.29, 1.82) is 0 Å². The second-order valence-electron chi connectivity index (χ2n) is 7.26. The Kier molecular flexibility index (Phi) is 5.02. The molecular weight excluding hydrogens is 384 g/mol. The van der Waals surface area contributed by atoms with E-state index in [4.69, 9.17) is 9.47 Å². The molecule has 0 radical (unpaired) electrons. The molecule has 1 saturated carbocycles. The van der Waals surface area contributed by atoms with Crippen molar-refractivity contribution in [1.82, 2.24) is 10.2 Å². The summed E-state index contributed by atoms with van der Waals surface area (Å²) in [6.07, 6.45) is 5.14. The van der Waals surface area contributed by atoms with Crippen LogP contribution in [0.5, 0.6) is 0 Å². The normalized spacial score (nSPS) is 24.1. The molecule has 6 heteroatoms. The van der Waals surface area contributed by atoms with Crippen LogP contribution in [0.25, 0.3) is 0 Å². The molecule has 0 aromatic heterocycles. The van der Waals surface area contributed by atoms with E-state index in [2.05, 4.69) is 33.4 Å². The lowest BCUT2D eigenvalue weighted by Gasteiger charge is -2.40. The number of benzene rings is 1. The van der Waals surface area contributed by atoms with Crippen LogP contribution in [0, 0.1) is 5.92 Å². The van der Waals surface area contributed by atoms with Crippen molar-refractivity contribution < 1.29 is 14.3 Å². The van der Waals surface area contributed by atoms with E-state index in [1.54, 1.807) is 0 Å². The van der Waals surface area contributed by atoms with Crippen molar-refractivity contribution in [3.8, 4) is 0 Å². The maximum absolute atomic E-state index is 12.8. The molecule has 1 aromatic carbocycles. The van der Waals surface area contributed by atoms with Crippen LogP contribution in [0.15, 0.2) is 28.7 Å². The van der Waals surface area contributed by atoms with Gasteiger partial charge in [0, 0.05) is 30.4 Å². The molecule has 0 unspecified atom stereocenters. The number of piperidine rings is 1. The minimum atomic E-state index is -0.435. The predicted octanol–water partition coefficient (Wildman–Crippen LogP) is 3.84. The molecule has 0 bridgehead atoms. The minimum absolute atomic E-state index is 0.0349. The number of likely N-dealkylation sites (tertiary alicyclic amines) is 1. The van der Waals surface area contributed by atoms with Crippen LogP contribution in [0.4, 0.5) is 4.79 Å². The van der Waals surface area contributed by atoms with E-state index >= 15 is 0 Å². The summed E-state index contributed by atoms with van der Waals surface area (Å²) >= 11 is 3.49. The highest BCUT2D eigenvalue weighted by Gasteiger charge is 2.41. The van der Waals surface area contributed by atoms with Gasteiger partial charge in [0.25, 0.3) is 0 Å². The van der Waals surface area contributed by atoms with Gasteiger partial charge in [0.2, 0.25) is 0 Å². The first-order valence-corrected chi connectivity index (χ1v) is 10.0. The fourth-order valence-electron chi connectivity index (χ4n) is 3.98. The Balaban J connectivity index is 1.39. The molecule has 1 aliphatic carbocycles. The zero-order chi connectivity index (χ0) is 17.3. The summed E-state index contributed by atoms with van der Waals surface area (Å²) in [5, 5.41) is 3.29. The first-order valence-electron chi connectivity index (χ1n) is 9.24. The second-order valence-corrected chi connectivity index (χ2v) is 8.18. The van der Waals surface area contributed by atoms with Gasteiger partial charge in [0.15, 0.2) is 5.79 Å². The zero-order valence-electron chi connectivity index (χ0n) is 14.4. The molecule has 3 aliphatic rings. The molecule has 2 saturated heterocycles. The third-order valence-electron chi connectivity index (χ3n) is 5.76. The third-order valence-corrected chi connectivity index (χ3v) is 6.28. The average Bonchev–Trinajstić information content (AvgIpc) is 3.02. The SMILES string of the molecule is O=C(N[C@@H](c1ccc(Br)cc1)C1CCC1)N1CCC2(CC1)OCCO2. The van der Waals surface area contributed by atoms with Crippen LogP contribution < -0.4 is 5.32 Å². The summed E-state index contributed by atoms with van der Waals surface area (Å²) in [7, 11) is 0. The van der Waals surface area contributed by atoms with Crippen LogP contribution in [-0.4, -0.2) is 43.0 Å². The number of amides is 2. The maximum Gasteiger partial charge on any atom is 0.317 e. The molecule has 1 atom stereocenters. The highest BCUT2D eigenvalue weighted by Crippen LogP contribution is 2.38. The molecular formula is C19H25BrN2O3. The predicted molar refractivity (Wildman–Crippen MR) is 98.2 cm³/mol. The summed E-state index contributed by atoms with van der Waals surface area (Å²) in [4.78, 5) is 14.7. The number of rotatable bonds is 3. The van der Waals surface area contributed by atoms with Crippen molar-refractivity contribution in [3.05, 3.63) is 34.3 Å². The number of ether oxygens (including phenoxy) is 2. The Morgan fingerprint density at radius 2 is 1.80 bits per heavy atom. The van der Waals surface area contributed by atoms with Crippen LogP contribution in [-0.2, 0) is 9.47 Å². The molecule has 1 N–H and O–H groups in total. The molecule has 2 heterocycles. The van der Waals surface area contributed by atoms with E-state index in [1.165, 1.54) is 24.8 Å². The zero-order valence-corrected chi connectivity index (χ0v) is 16.0. The minimum Gasteiger partial charge on any atom is -0.347 e. The van der Waals surface area contributed by atoms with Gasteiger partial charge < -0.3 is 19.7 Å². The molecule has 2 amide bonds. The number of hydrogen-bond acceptors (Lipinski definition) is 3. The van der Waals surface area contributed by atoms with Gasteiger partial charge in [0.05, 0.1) is 19.3 Å². The van der Waals surface area contributed by atoms with E-state index in [9.17, 15) is 4.79 Å². The Labute approximate surface area is 157 Å². The lowest BCUT2D eigenvalue weighted by molar-refractivity contribution is -0.181. The highest BCUT2D eigenvalue weighted by atomic mass is 79.9. The smallest absolute Gasteiger partial charge is 0.317 e. The van der Waals surface area contributed by atoms with E-state index in [0.717, 1.165) is 17.3 Å². The largest absolute Gasteiger partial charge is 0.347 e. The molecule has 4 rings (SSSR count). The molecule has 136 valence electrons. The Hall–Kier alpha value is -1.11. The van der Waals surface area contributed by atoms with Gasteiger partial charge in [-0.3, -0.25) is 0 Å². The van der Waals surface area contributed by atoms with Gasteiger partial charge in [-0.05, 0) is 36.5 Å². The number of hydrogen-bond donors (Lipinski definition) is 1. The van der Waals surface area contributed by atoms with Gasteiger partial charge in [-0.2, -0.15) is 0 Å². The number of nitrogens with zero attached hydrogens (tertiary/aromatic N) is 1. The van der Waals surface area contributed by atoms with Gasteiger partial charge in [0.1, 0.15) is 0 Å². The number of halogens is 1. The standard InChI is InChI=1S/C19H25BrN2O3/c20-16-6-4-15(5-7-16)17(14-2-1-3-14)21-18(23)22-10-8-19(9-11-22)24-12-13-25-19/h4-7,14,17H,1-3,8-13H2,(H,21,23)/t17-/m1/s1. The topological polar surface area (TPSA) is 50.8 Å². The summed E-state index contributed by atoms with van der Waals surface area (Å²) < 4.78 is 12.6. The van der Waals surface area contributed by atoms with E-state index < -0.39 is 5.79 Å². The molecule has 1 aromatic rings. The van der Waals surface area contributed by atoms with Crippen LogP contribution in [0.2, 0.25) is 0 Å². The lowest BCUT2D eigenvalue weighted by atomic mass is 9.77. The molecule has 25 heavy (non-hydrogen) atoms. The lowest BCUT2D eigenvalue weighted by Crippen LogP contribution is -2.51. The van der Waals surface area contributed by atoms with Gasteiger partial charge in [-0.25, -0.2) is 4.79 Å². The third kappa shape index (κ3) is 3.71. The number of carbonyl (C=O) groups excluding carboxylic acids is 1. The Bertz CT molecular complexity index is 602. The Morgan fingerprint density at radius 3 is 2.36 bits per heavy atom. The first kappa shape index (κ1) is 17.3. The van der Waals surface area contributed by atoms with Crippen LogP contribution in [0.3, 0.4) is 0 Å². The fourth-order valence-corrected chi connectivity index (χ4v) is 4.24. The summed E-state index contributed by atoms with van der Waals surface area (Å²) in [5.74, 6) is 0.110. The average molecular weight is 409 g/mol.